The second-order valence-electron chi connectivity index (χ2n) is 23.3. The molecule has 3 saturated heterocycles. The lowest BCUT2D eigenvalue weighted by atomic mass is 10.00. The molecule has 86 heavy (non-hydrogen) atoms. The average molecular weight is 1230 g/mol. The number of benzene rings is 5. The molecule has 0 aliphatic carbocycles. The number of halogens is 6. The number of aryl methyl sites for hydroxylation is 12. The molecule has 3 aliphatic heterocycles. The number of ether oxygens (including phenoxy) is 3. The molecule has 5 heterocycles. The van der Waals surface area contributed by atoms with Crippen LogP contribution in [0.3, 0.4) is 0 Å². The maximum atomic E-state index is 12.8. The van der Waals surface area contributed by atoms with Crippen molar-refractivity contribution in [3.05, 3.63) is 227 Å². The lowest BCUT2D eigenvalue weighted by molar-refractivity contribution is -0.187. The summed E-state index contributed by atoms with van der Waals surface area (Å²) < 4.78 is 66.3. The molecule has 0 radical (unpaired) electrons. The van der Waals surface area contributed by atoms with Crippen LogP contribution in [0.15, 0.2) is 116 Å². The van der Waals surface area contributed by atoms with Crippen molar-refractivity contribution in [1.29, 1.82) is 0 Å². The van der Waals surface area contributed by atoms with E-state index in [0.29, 0.717) is 33.7 Å². The van der Waals surface area contributed by atoms with Gasteiger partial charge in [-0.1, -0.05) is 110 Å². The van der Waals surface area contributed by atoms with E-state index < -0.39 is 11.6 Å². The Bertz CT molecular complexity index is 2550. The Morgan fingerprint density at radius 3 is 1.19 bits per heavy atom. The van der Waals surface area contributed by atoms with E-state index in [-0.39, 0.29) is 23.5 Å². The maximum absolute atomic E-state index is 12.8. The first-order valence-corrected chi connectivity index (χ1v) is 30.6. The Labute approximate surface area is 526 Å². The van der Waals surface area contributed by atoms with Crippen LogP contribution >= 0.6 is 23.2 Å². The van der Waals surface area contributed by atoms with E-state index in [1.807, 2.05) is 105 Å². The minimum Gasteiger partial charge on any atom is -0.378 e. The van der Waals surface area contributed by atoms with E-state index in [1.165, 1.54) is 92.2 Å². The Morgan fingerprint density at radius 1 is 0.395 bits per heavy atom. The fraction of sp³-hybridized carbons (Fsp3) is 0.466. The summed E-state index contributed by atoms with van der Waals surface area (Å²) in [6.07, 6.45) is 11.4. The van der Waals surface area contributed by atoms with E-state index in [4.69, 9.17) is 37.4 Å². The van der Waals surface area contributed by atoms with Gasteiger partial charge in [0.15, 0.2) is 6.29 Å². The number of nitrogens with zero attached hydrogens (tertiary/aromatic N) is 4. The van der Waals surface area contributed by atoms with Crippen molar-refractivity contribution in [2.75, 3.05) is 40.0 Å². The Kier molecular flexibility index (Phi) is 39.4. The number of hydrogen-bond donors (Lipinski definition) is 0. The van der Waals surface area contributed by atoms with Gasteiger partial charge in [0.2, 0.25) is 0 Å². The normalized spacial score (nSPS) is 16.8. The van der Waals surface area contributed by atoms with Gasteiger partial charge in [-0.2, -0.15) is 0 Å². The van der Waals surface area contributed by atoms with Gasteiger partial charge in [-0.25, -0.2) is 27.5 Å². The van der Waals surface area contributed by atoms with Crippen LogP contribution in [0.4, 0.5) is 17.6 Å². The number of rotatable bonds is 0. The van der Waals surface area contributed by atoms with E-state index in [0.717, 1.165) is 70.5 Å². The minimum atomic E-state index is -0.475. The summed E-state index contributed by atoms with van der Waals surface area (Å²) in [4.78, 5) is 14.4. The summed E-state index contributed by atoms with van der Waals surface area (Å²) >= 11 is 11.5. The van der Waals surface area contributed by atoms with Gasteiger partial charge >= 0.3 is 0 Å². The molecule has 0 bridgehead atoms. The van der Waals surface area contributed by atoms with Crippen molar-refractivity contribution < 1.29 is 31.8 Å². The van der Waals surface area contributed by atoms with Gasteiger partial charge in [-0.05, 0) is 255 Å². The molecular formula is C73H102Cl2F4N4O3. The van der Waals surface area contributed by atoms with Crippen LogP contribution in [-0.4, -0.2) is 72.2 Å². The maximum Gasteiger partial charge on any atom is 0.154 e. The predicted molar refractivity (Wildman–Crippen MR) is 355 cm³/mol. The van der Waals surface area contributed by atoms with Crippen molar-refractivity contribution in [2.24, 2.45) is 17.8 Å². The zero-order valence-corrected chi connectivity index (χ0v) is 57.0. The van der Waals surface area contributed by atoms with Crippen LogP contribution in [0.1, 0.15) is 139 Å². The molecule has 7 aromatic rings. The molecule has 13 heteroatoms. The fourth-order valence-electron chi connectivity index (χ4n) is 7.42. The summed E-state index contributed by atoms with van der Waals surface area (Å²) in [5.74, 6) is 1.88. The van der Waals surface area contributed by atoms with Gasteiger partial charge in [0.25, 0.3) is 0 Å². The monoisotopic (exact) mass is 1230 g/mol. The molecule has 3 aliphatic rings. The highest BCUT2D eigenvalue weighted by Gasteiger charge is 2.15. The number of likely N-dealkylation sites (tertiary alicyclic amines) is 1. The van der Waals surface area contributed by atoms with E-state index >= 15 is 0 Å². The van der Waals surface area contributed by atoms with Gasteiger partial charge in [0, 0.05) is 58.0 Å². The summed E-state index contributed by atoms with van der Waals surface area (Å²) in [5, 5.41) is 1.35. The van der Waals surface area contributed by atoms with Crippen molar-refractivity contribution in [1.82, 2.24) is 19.9 Å². The molecule has 0 N–H and O–H groups in total. The highest BCUT2D eigenvalue weighted by Crippen LogP contribution is 2.21. The third-order valence-electron chi connectivity index (χ3n) is 13.7. The molecule has 0 saturated carbocycles. The SMILES string of the molecule is CC1CCC(C)OC1.CC1CCN(C)CC1.CC1COC(C)OC1.Cc1cc(F)c(C)c(Cl)c1.Cc1cc(F)c(C)c(F)c1.Cc1ccc(C)c(Cl)c1.Cc1ccc(C)c(F)c1.Cc1ccc(C)cc1.Cc1ccc(C)nc1.Cc1cnc(C)nc1. The lowest BCUT2D eigenvalue weighted by Gasteiger charge is -2.26. The number of hydrogen-bond acceptors (Lipinski definition) is 7. The second-order valence-corrected chi connectivity index (χ2v) is 24.1. The molecule has 474 valence electrons. The first kappa shape index (κ1) is 78.5. The van der Waals surface area contributed by atoms with Crippen molar-refractivity contribution in [2.45, 2.75) is 170 Å². The van der Waals surface area contributed by atoms with Crippen LogP contribution in [-0.2, 0) is 14.2 Å². The van der Waals surface area contributed by atoms with Crippen LogP contribution in [0.2, 0.25) is 10.0 Å². The molecule has 10 rings (SSSR count). The quantitative estimate of drug-likeness (QED) is 0.140. The number of piperidine rings is 1. The topological polar surface area (TPSA) is 69.6 Å². The standard InChI is InChI=1S/C8H8ClF.C8H9Cl.C8H8F2.C8H9F.C8H10.C7H15N.C7H9N.C7H14O.C6H8N2.C6H12O2/c1-5-3-7(9)6(2)8(10)4-5;1-6-3-4-7(2)8(9)5-6;1-5-3-7(9)6(2)8(10)4-5;1-6-3-4-7(2)8(9)5-6;2*1-7-3-5-8(2)6-4-7;2*1-6-3-4-7(2)8-5-6;2*1-5-3-7-6(2)8-4-5/h3-4H,1-2H3;3-5H,1-2H3;3-4H,1-2H3;3-5H,1-2H3;3-6H,1-2H3;7H,3-6H2,1-2H3;3-5H,1-2H3;6-7H,3-5H2,1-2H3;3-4H,1-2H3;5-6H,3-4H2,1-2H3. The van der Waals surface area contributed by atoms with Gasteiger partial charge < -0.3 is 19.1 Å². The van der Waals surface area contributed by atoms with Crippen molar-refractivity contribution in [3.63, 3.8) is 0 Å². The molecular weight excluding hydrogens is 1130 g/mol. The molecule has 0 spiro atoms. The van der Waals surface area contributed by atoms with Crippen LogP contribution in [0, 0.1) is 138 Å². The highest BCUT2D eigenvalue weighted by molar-refractivity contribution is 6.31. The molecule has 0 amide bonds. The van der Waals surface area contributed by atoms with Crippen molar-refractivity contribution in [3.8, 4) is 0 Å². The molecule has 2 unspecified atom stereocenters. The first-order chi connectivity index (χ1) is 40.3. The van der Waals surface area contributed by atoms with Gasteiger partial charge in [0.1, 0.15) is 29.1 Å². The Balaban J connectivity index is 0.000000478. The third-order valence-corrected chi connectivity index (χ3v) is 14.5. The Hall–Kier alpha value is -5.53. The fourth-order valence-corrected chi connectivity index (χ4v) is 7.92. The summed E-state index contributed by atoms with van der Waals surface area (Å²) in [5.41, 5.74) is 12.2. The van der Waals surface area contributed by atoms with Crippen LogP contribution < -0.4 is 0 Å². The highest BCUT2D eigenvalue weighted by atomic mass is 35.5. The molecule has 5 aromatic carbocycles. The van der Waals surface area contributed by atoms with Crippen molar-refractivity contribution >= 4 is 23.2 Å². The zero-order chi connectivity index (χ0) is 65.1. The molecule has 3 fully saturated rings. The minimum absolute atomic E-state index is 0.0196. The molecule has 7 nitrogen and oxygen atoms in total. The largest absolute Gasteiger partial charge is 0.378 e. The van der Waals surface area contributed by atoms with Crippen LogP contribution in [0.25, 0.3) is 0 Å². The first-order valence-electron chi connectivity index (χ1n) is 29.9. The zero-order valence-electron chi connectivity index (χ0n) is 55.5. The summed E-state index contributed by atoms with van der Waals surface area (Å²) in [6.45, 7) is 42.3. The number of pyridine rings is 1. The van der Waals surface area contributed by atoms with E-state index in [2.05, 4.69) is 105 Å². The second kappa shape index (κ2) is 43.2. The van der Waals surface area contributed by atoms with Gasteiger partial charge in [-0.3, -0.25) is 4.98 Å². The Morgan fingerprint density at radius 2 is 0.814 bits per heavy atom. The summed E-state index contributed by atoms with van der Waals surface area (Å²) in [6, 6.07) is 29.7. The summed E-state index contributed by atoms with van der Waals surface area (Å²) in [7, 11) is 2.20. The number of aromatic nitrogens is 3. The third kappa shape index (κ3) is 37.2. The molecule has 2 atom stereocenters. The van der Waals surface area contributed by atoms with E-state index in [1.54, 1.807) is 32.9 Å². The van der Waals surface area contributed by atoms with Gasteiger partial charge in [-0.15, -0.1) is 0 Å². The smallest absolute Gasteiger partial charge is 0.154 e. The lowest BCUT2D eigenvalue weighted by Crippen LogP contribution is -2.28. The molecule has 2 aromatic heterocycles. The van der Waals surface area contributed by atoms with Crippen LogP contribution in [0.5, 0.6) is 0 Å². The average Bonchev–Trinajstić information content (AvgIpc) is 3.62. The van der Waals surface area contributed by atoms with E-state index in [9.17, 15) is 17.6 Å². The van der Waals surface area contributed by atoms with Gasteiger partial charge in [0.05, 0.1) is 19.3 Å². The predicted octanol–water partition coefficient (Wildman–Crippen LogP) is 20.4.